The lowest BCUT2D eigenvalue weighted by Crippen LogP contribution is -2.67. The Labute approximate surface area is 230 Å². The van der Waals surface area contributed by atoms with Gasteiger partial charge in [0.05, 0.1) is 23.4 Å². The molecule has 212 valence electrons. The van der Waals surface area contributed by atoms with Gasteiger partial charge in [-0.2, -0.15) is 0 Å². The van der Waals surface area contributed by atoms with Crippen molar-refractivity contribution >= 4 is 26.0 Å². The number of amides is 3. The molecule has 7 nitrogen and oxygen atoms in total. The standard InChI is InChI=1S/C30H48N2O5Si/c1-9-11-18-30(19-12-10-2)32(28(35)22-15-13-14-16-24(22)37-30)27(34)21(3)25-23(26(33)31-25)17-20-36-38(7,8)29(4,5)6/h13-16,21,23,25H,9-12,17-20H2,1-8H3,(H,31,33)/t21-,23+,25-/m1/s1. The highest BCUT2D eigenvalue weighted by Crippen LogP contribution is 2.42. The first-order chi connectivity index (χ1) is 17.8. The van der Waals surface area contributed by atoms with Crippen LogP contribution in [-0.2, 0) is 14.0 Å². The summed E-state index contributed by atoms with van der Waals surface area (Å²) in [5.41, 5.74) is -0.606. The van der Waals surface area contributed by atoms with E-state index in [1.54, 1.807) is 12.1 Å². The monoisotopic (exact) mass is 544 g/mol. The minimum atomic E-state index is -1.94. The van der Waals surface area contributed by atoms with Crippen LogP contribution in [0.25, 0.3) is 0 Å². The van der Waals surface area contributed by atoms with Gasteiger partial charge in [0, 0.05) is 19.4 Å². The number of hydrogen-bond acceptors (Lipinski definition) is 5. The molecule has 3 atom stereocenters. The number of ether oxygens (including phenoxy) is 1. The summed E-state index contributed by atoms with van der Waals surface area (Å²) in [6, 6.07) is 6.85. The van der Waals surface area contributed by atoms with Gasteiger partial charge in [0.15, 0.2) is 14.0 Å². The average molecular weight is 545 g/mol. The second-order valence-electron chi connectivity index (χ2n) is 12.6. The predicted molar refractivity (Wildman–Crippen MR) is 152 cm³/mol. The van der Waals surface area contributed by atoms with Crippen LogP contribution in [0, 0.1) is 11.8 Å². The third kappa shape index (κ3) is 6.01. The summed E-state index contributed by atoms with van der Waals surface area (Å²) in [5.74, 6) is -0.975. The van der Waals surface area contributed by atoms with Gasteiger partial charge in [-0.3, -0.25) is 14.4 Å². The van der Waals surface area contributed by atoms with Crippen molar-refractivity contribution in [3.63, 3.8) is 0 Å². The van der Waals surface area contributed by atoms with Crippen LogP contribution >= 0.6 is 0 Å². The van der Waals surface area contributed by atoms with Crippen LogP contribution in [0.5, 0.6) is 5.75 Å². The van der Waals surface area contributed by atoms with Gasteiger partial charge in [-0.25, -0.2) is 4.90 Å². The van der Waals surface area contributed by atoms with Gasteiger partial charge in [-0.05, 0) is 49.5 Å². The number of imide groups is 1. The molecular formula is C30H48N2O5Si. The number of benzene rings is 1. The molecule has 1 aromatic rings. The summed E-state index contributed by atoms with van der Waals surface area (Å²) in [7, 11) is -1.94. The smallest absolute Gasteiger partial charge is 0.267 e. The largest absolute Gasteiger partial charge is 0.467 e. The van der Waals surface area contributed by atoms with Crippen LogP contribution in [0.1, 0.15) is 96.8 Å². The normalized spacial score (nSPS) is 21.7. The topological polar surface area (TPSA) is 84.9 Å². The Morgan fingerprint density at radius 1 is 1.13 bits per heavy atom. The number of hydrogen-bond donors (Lipinski definition) is 1. The van der Waals surface area contributed by atoms with Gasteiger partial charge in [0.1, 0.15) is 5.75 Å². The van der Waals surface area contributed by atoms with Crippen LogP contribution in [0.3, 0.4) is 0 Å². The summed E-state index contributed by atoms with van der Waals surface area (Å²) in [4.78, 5) is 42.0. The van der Waals surface area contributed by atoms with Crippen molar-refractivity contribution in [1.82, 2.24) is 10.2 Å². The van der Waals surface area contributed by atoms with Gasteiger partial charge in [0.2, 0.25) is 11.8 Å². The molecule has 0 bridgehead atoms. The molecule has 1 saturated heterocycles. The summed E-state index contributed by atoms with van der Waals surface area (Å²) < 4.78 is 12.9. The molecule has 0 unspecified atom stereocenters. The Balaban J connectivity index is 1.84. The van der Waals surface area contributed by atoms with Crippen LogP contribution in [0.15, 0.2) is 24.3 Å². The molecule has 2 aliphatic rings. The highest BCUT2D eigenvalue weighted by molar-refractivity contribution is 6.74. The van der Waals surface area contributed by atoms with Crippen LogP contribution < -0.4 is 10.1 Å². The fourth-order valence-electron chi connectivity index (χ4n) is 5.18. The fourth-order valence-corrected chi connectivity index (χ4v) is 6.24. The van der Waals surface area contributed by atoms with E-state index in [-0.39, 0.29) is 34.7 Å². The van der Waals surface area contributed by atoms with Crippen molar-refractivity contribution in [3.05, 3.63) is 29.8 Å². The SMILES string of the molecule is CCCCC1(CCCC)Oc2ccccc2C(=O)N1C(=O)[C@H](C)[C@H]1NC(=O)[C@H]1CCO[Si](C)(C)C(C)(C)C. The van der Waals surface area contributed by atoms with Crippen molar-refractivity contribution in [2.24, 2.45) is 11.8 Å². The molecule has 38 heavy (non-hydrogen) atoms. The summed E-state index contributed by atoms with van der Waals surface area (Å²) >= 11 is 0. The summed E-state index contributed by atoms with van der Waals surface area (Å²) in [6.07, 6.45) is 5.27. The number of unbranched alkanes of at least 4 members (excludes halogenated alkanes) is 2. The highest BCUT2D eigenvalue weighted by atomic mass is 28.4. The maximum Gasteiger partial charge on any atom is 0.267 e. The van der Waals surface area contributed by atoms with E-state index < -0.39 is 20.0 Å². The lowest BCUT2D eigenvalue weighted by molar-refractivity contribution is -0.159. The van der Waals surface area contributed by atoms with Gasteiger partial charge in [0.25, 0.3) is 5.91 Å². The van der Waals surface area contributed by atoms with Crippen molar-refractivity contribution < 1.29 is 23.5 Å². The Hall–Kier alpha value is -2.19. The zero-order chi connectivity index (χ0) is 28.3. The molecular weight excluding hydrogens is 496 g/mol. The number of carbonyl (C=O) groups excluding carboxylic acids is 3. The zero-order valence-corrected chi connectivity index (χ0v) is 25.7. The second-order valence-corrected chi connectivity index (χ2v) is 17.4. The van der Waals surface area contributed by atoms with E-state index in [9.17, 15) is 14.4 Å². The number of nitrogens with one attached hydrogen (secondary N) is 1. The first kappa shape index (κ1) is 30.3. The Bertz CT molecular complexity index is 1010. The lowest BCUT2D eigenvalue weighted by atomic mass is 9.79. The molecule has 1 fully saturated rings. The number of nitrogens with zero attached hydrogens (tertiary/aromatic N) is 1. The summed E-state index contributed by atoms with van der Waals surface area (Å²) in [5, 5.41) is 3.04. The van der Waals surface area contributed by atoms with Gasteiger partial charge >= 0.3 is 0 Å². The van der Waals surface area contributed by atoms with Crippen LogP contribution in [0.2, 0.25) is 18.1 Å². The average Bonchev–Trinajstić information content (AvgIpc) is 2.86. The molecule has 3 amide bonds. The van der Waals surface area contributed by atoms with E-state index >= 15 is 0 Å². The maximum absolute atomic E-state index is 14.2. The summed E-state index contributed by atoms with van der Waals surface area (Å²) in [6.45, 7) is 17.5. The number of carbonyl (C=O) groups is 3. The van der Waals surface area contributed by atoms with Gasteiger partial charge in [-0.15, -0.1) is 0 Å². The third-order valence-corrected chi connectivity index (χ3v) is 13.3. The van der Waals surface area contributed by atoms with E-state index in [4.69, 9.17) is 9.16 Å². The zero-order valence-electron chi connectivity index (χ0n) is 24.7. The predicted octanol–water partition coefficient (Wildman–Crippen LogP) is 6.29. The molecule has 8 heteroatoms. The molecule has 1 aromatic carbocycles. The van der Waals surface area contributed by atoms with Crippen molar-refractivity contribution in [1.29, 1.82) is 0 Å². The minimum Gasteiger partial charge on any atom is -0.467 e. The third-order valence-electron chi connectivity index (χ3n) is 8.80. The highest BCUT2D eigenvalue weighted by Gasteiger charge is 2.53. The van der Waals surface area contributed by atoms with E-state index in [1.807, 2.05) is 19.1 Å². The number of β-lactam (4-membered cyclic amide) rings is 1. The molecule has 0 saturated carbocycles. The molecule has 0 aliphatic carbocycles. The van der Waals surface area contributed by atoms with E-state index in [2.05, 4.69) is 53.0 Å². The molecule has 3 rings (SSSR count). The first-order valence-corrected chi connectivity index (χ1v) is 17.3. The van der Waals surface area contributed by atoms with E-state index in [1.165, 1.54) is 4.90 Å². The molecule has 2 heterocycles. The number of rotatable bonds is 12. The number of para-hydroxylation sites is 1. The van der Waals surface area contributed by atoms with Gasteiger partial charge < -0.3 is 14.5 Å². The van der Waals surface area contributed by atoms with Crippen LogP contribution in [-0.4, -0.2) is 49.3 Å². The molecule has 0 radical (unpaired) electrons. The van der Waals surface area contributed by atoms with Crippen molar-refractivity contribution in [2.75, 3.05) is 6.61 Å². The maximum atomic E-state index is 14.2. The second kappa shape index (κ2) is 11.9. The lowest BCUT2D eigenvalue weighted by Gasteiger charge is -2.49. The first-order valence-electron chi connectivity index (χ1n) is 14.4. The quantitative estimate of drug-likeness (QED) is 0.247. The fraction of sp³-hybridized carbons (Fsp3) is 0.700. The molecule has 1 N–H and O–H groups in total. The minimum absolute atomic E-state index is 0.0525. The molecule has 0 aromatic heterocycles. The van der Waals surface area contributed by atoms with Gasteiger partial charge in [-0.1, -0.05) is 66.5 Å². The van der Waals surface area contributed by atoms with Crippen molar-refractivity contribution in [3.8, 4) is 5.75 Å². The van der Waals surface area contributed by atoms with Crippen molar-refractivity contribution in [2.45, 2.75) is 116 Å². The van der Waals surface area contributed by atoms with E-state index in [0.29, 0.717) is 37.2 Å². The Kier molecular flexibility index (Phi) is 9.51. The Morgan fingerprint density at radius 3 is 2.29 bits per heavy atom. The van der Waals surface area contributed by atoms with E-state index in [0.717, 1.165) is 25.7 Å². The molecule has 0 spiro atoms. The molecule has 2 aliphatic heterocycles. The van der Waals surface area contributed by atoms with Crippen LogP contribution in [0.4, 0.5) is 0 Å². The number of fused-ring (bicyclic) bond motifs is 1. The Morgan fingerprint density at radius 2 is 1.74 bits per heavy atom.